The highest BCUT2D eigenvalue weighted by Gasteiger charge is 2.10. The minimum Gasteiger partial charge on any atom is -0.369 e. The Labute approximate surface area is 138 Å². The molecule has 0 spiro atoms. The van der Waals surface area contributed by atoms with E-state index in [-0.39, 0.29) is 10.7 Å². The van der Waals surface area contributed by atoms with Crippen molar-refractivity contribution in [3.05, 3.63) is 47.1 Å². The molecular formula is C15H17ClFN5O. The van der Waals surface area contributed by atoms with E-state index in [0.29, 0.717) is 18.1 Å². The van der Waals surface area contributed by atoms with Gasteiger partial charge in [-0.1, -0.05) is 11.6 Å². The number of nitrogens with one attached hydrogen (secondary N) is 2. The smallest absolute Gasteiger partial charge is 0.274 e. The van der Waals surface area contributed by atoms with Gasteiger partial charge in [-0.05, 0) is 32.3 Å². The van der Waals surface area contributed by atoms with Gasteiger partial charge in [-0.3, -0.25) is 4.79 Å². The van der Waals surface area contributed by atoms with Crippen molar-refractivity contribution in [3.63, 3.8) is 0 Å². The van der Waals surface area contributed by atoms with E-state index < -0.39 is 11.7 Å². The minimum atomic E-state index is -0.543. The van der Waals surface area contributed by atoms with Crippen molar-refractivity contribution in [1.82, 2.24) is 14.9 Å². The summed E-state index contributed by atoms with van der Waals surface area (Å²) in [6.07, 6.45) is 1.31. The number of benzene rings is 1. The monoisotopic (exact) mass is 337 g/mol. The summed E-state index contributed by atoms with van der Waals surface area (Å²) in [4.78, 5) is 22.2. The van der Waals surface area contributed by atoms with Crippen LogP contribution in [0.25, 0.3) is 0 Å². The Morgan fingerprint density at radius 1 is 1.30 bits per heavy atom. The lowest BCUT2D eigenvalue weighted by atomic mass is 10.3. The summed E-state index contributed by atoms with van der Waals surface area (Å²) in [5, 5.41) is 5.66. The van der Waals surface area contributed by atoms with Crippen molar-refractivity contribution >= 4 is 29.0 Å². The van der Waals surface area contributed by atoms with Crippen LogP contribution in [0.1, 0.15) is 10.5 Å². The van der Waals surface area contributed by atoms with Gasteiger partial charge in [-0.2, -0.15) is 0 Å². The van der Waals surface area contributed by atoms with Crippen LogP contribution in [0, 0.1) is 5.82 Å². The van der Waals surface area contributed by atoms with E-state index in [2.05, 4.69) is 20.6 Å². The highest BCUT2D eigenvalue weighted by molar-refractivity contribution is 6.31. The van der Waals surface area contributed by atoms with E-state index in [4.69, 9.17) is 11.6 Å². The van der Waals surface area contributed by atoms with E-state index in [1.807, 2.05) is 19.0 Å². The molecule has 8 heteroatoms. The highest BCUT2D eigenvalue weighted by Crippen LogP contribution is 2.19. The third-order valence-corrected chi connectivity index (χ3v) is 3.23. The van der Waals surface area contributed by atoms with E-state index in [1.54, 1.807) is 6.07 Å². The number of likely N-dealkylation sites (N-methyl/N-ethyl adjacent to an activating group) is 1. The number of amides is 1. The lowest BCUT2D eigenvalue weighted by Gasteiger charge is -2.11. The molecular weight excluding hydrogens is 321 g/mol. The van der Waals surface area contributed by atoms with Gasteiger partial charge in [0.15, 0.2) is 0 Å². The lowest BCUT2D eigenvalue weighted by molar-refractivity contribution is 0.102. The highest BCUT2D eigenvalue weighted by atomic mass is 35.5. The van der Waals surface area contributed by atoms with Crippen LogP contribution in [0.3, 0.4) is 0 Å². The van der Waals surface area contributed by atoms with Crippen molar-refractivity contribution in [3.8, 4) is 0 Å². The van der Waals surface area contributed by atoms with Crippen LogP contribution in [-0.2, 0) is 0 Å². The average molecular weight is 338 g/mol. The molecule has 1 aromatic carbocycles. The van der Waals surface area contributed by atoms with Crippen LogP contribution in [0.2, 0.25) is 5.02 Å². The summed E-state index contributed by atoms with van der Waals surface area (Å²) in [6.45, 7) is 1.53. The maximum Gasteiger partial charge on any atom is 0.274 e. The molecule has 0 saturated carbocycles. The summed E-state index contributed by atoms with van der Waals surface area (Å²) in [5.74, 6) is -0.408. The summed E-state index contributed by atoms with van der Waals surface area (Å²) >= 11 is 5.69. The normalized spacial score (nSPS) is 10.7. The molecule has 0 atom stereocenters. The van der Waals surface area contributed by atoms with E-state index >= 15 is 0 Å². The summed E-state index contributed by atoms with van der Waals surface area (Å²) in [7, 11) is 3.93. The Bertz CT molecular complexity index is 695. The number of nitrogens with zero attached hydrogens (tertiary/aromatic N) is 3. The third-order valence-electron chi connectivity index (χ3n) is 2.94. The fourth-order valence-electron chi connectivity index (χ4n) is 1.75. The molecule has 0 bridgehead atoms. The van der Waals surface area contributed by atoms with Gasteiger partial charge in [0.25, 0.3) is 5.91 Å². The number of aromatic nitrogens is 2. The van der Waals surface area contributed by atoms with Crippen LogP contribution < -0.4 is 10.6 Å². The maximum atomic E-state index is 13.1. The van der Waals surface area contributed by atoms with Crippen molar-refractivity contribution < 1.29 is 9.18 Å². The predicted octanol–water partition coefficient (Wildman–Crippen LogP) is 2.49. The van der Waals surface area contributed by atoms with E-state index in [0.717, 1.165) is 6.54 Å². The van der Waals surface area contributed by atoms with Gasteiger partial charge in [0.2, 0.25) is 0 Å². The van der Waals surface area contributed by atoms with Crippen molar-refractivity contribution in [2.24, 2.45) is 0 Å². The van der Waals surface area contributed by atoms with Gasteiger partial charge in [-0.15, -0.1) is 0 Å². The molecule has 1 amide bonds. The van der Waals surface area contributed by atoms with Crippen LogP contribution in [0.4, 0.5) is 15.9 Å². The first-order valence-corrected chi connectivity index (χ1v) is 7.30. The molecule has 0 aliphatic heterocycles. The average Bonchev–Trinajstić information content (AvgIpc) is 2.51. The van der Waals surface area contributed by atoms with Crippen molar-refractivity contribution in [2.75, 3.05) is 37.8 Å². The molecule has 1 aromatic heterocycles. The van der Waals surface area contributed by atoms with Crippen LogP contribution in [0.5, 0.6) is 0 Å². The van der Waals surface area contributed by atoms with Gasteiger partial charge in [0, 0.05) is 24.8 Å². The topological polar surface area (TPSA) is 70.2 Å². The zero-order valence-corrected chi connectivity index (χ0v) is 13.6. The Balaban J connectivity index is 2.02. The molecule has 0 aliphatic rings. The summed E-state index contributed by atoms with van der Waals surface area (Å²) in [6, 6.07) is 5.51. The lowest BCUT2D eigenvalue weighted by Crippen LogP contribution is -2.21. The second kappa shape index (κ2) is 7.85. The number of anilines is 2. The molecule has 2 aromatic rings. The predicted molar refractivity (Wildman–Crippen MR) is 88.4 cm³/mol. The summed E-state index contributed by atoms with van der Waals surface area (Å²) < 4.78 is 13.1. The molecule has 0 radical (unpaired) electrons. The standard InChI is InChI=1S/C15H17ClFN5O/c1-22(2)6-5-18-14-8-13(19-9-20-14)15(23)21-10-3-4-12(17)11(16)7-10/h3-4,7-9H,5-6H2,1-2H3,(H,21,23)(H,18,19,20). The molecule has 6 nitrogen and oxygen atoms in total. The molecule has 23 heavy (non-hydrogen) atoms. The number of hydrogen-bond acceptors (Lipinski definition) is 5. The van der Waals surface area contributed by atoms with E-state index in [9.17, 15) is 9.18 Å². The third kappa shape index (κ3) is 5.15. The van der Waals surface area contributed by atoms with Crippen molar-refractivity contribution in [1.29, 1.82) is 0 Å². The number of rotatable bonds is 6. The second-order valence-electron chi connectivity index (χ2n) is 5.10. The number of carbonyl (C=O) groups excluding carboxylic acids is 1. The fourth-order valence-corrected chi connectivity index (χ4v) is 1.94. The van der Waals surface area contributed by atoms with Gasteiger partial charge in [-0.25, -0.2) is 14.4 Å². The van der Waals surface area contributed by atoms with Crippen LogP contribution >= 0.6 is 11.6 Å². The number of halogens is 2. The Hall–Kier alpha value is -2.25. The maximum absolute atomic E-state index is 13.1. The zero-order valence-electron chi connectivity index (χ0n) is 12.8. The van der Waals surface area contributed by atoms with Gasteiger partial charge < -0.3 is 15.5 Å². The molecule has 122 valence electrons. The van der Waals surface area contributed by atoms with Crippen molar-refractivity contribution in [2.45, 2.75) is 0 Å². The zero-order chi connectivity index (χ0) is 16.8. The first-order valence-electron chi connectivity index (χ1n) is 6.93. The molecule has 0 unspecified atom stereocenters. The second-order valence-corrected chi connectivity index (χ2v) is 5.51. The quantitative estimate of drug-likeness (QED) is 0.847. The van der Waals surface area contributed by atoms with Crippen LogP contribution in [0.15, 0.2) is 30.6 Å². The van der Waals surface area contributed by atoms with Gasteiger partial charge in [0.05, 0.1) is 5.02 Å². The molecule has 2 N–H and O–H groups in total. The first kappa shape index (κ1) is 17.1. The Kier molecular flexibility index (Phi) is 5.84. The van der Waals surface area contributed by atoms with Gasteiger partial charge >= 0.3 is 0 Å². The SMILES string of the molecule is CN(C)CCNc1cc(C(=O)Nc2ccc(F)c(Cl)c2)ncn1. The molecule has 2 rings (SSSR count). The van der Waals surface area contributed by atoms with E-state index in [1.165, 1.54) is 24.5 Å². The van der Waals surface area contributed by atoms with Crippen LogP contribution in [-0.4, -0.2) is 48.0 Å². The fraction of sp³-hybridized carbons (Fsp3) is 0.267. The first-order chi connectivity index (χ1) is 11.0. The Morgan fingerprint density at radius 2 is 2.09 bits per heavy atom. The number of hydrogen-bond donors (Lipinski definition) is 2. The minimum absolute atomic E-state index is 0.0588. The molecule has 0 fully saturated rings. The molecule has 1 heterocycles. The largest absolute Gasteiger partial charge is 0.369 e. The summed E-state index contributed by atoms with van der Waals surface area (Å²) in [5.41, 5.74) is 0.593. The number of carbonyl (C=O) groups is 1. The molecule has 0 aliphatic carbocycles. The molecule has 0 saturated heterocycles. The van der Waals surface area contributed by atoms with Gasteiger partial charge in [0.1, 0.15) is 23.7 Å². The Morgan fingerprint density at radius 3 is 2.78 bits per heavy atom.